The predicted molar refractivity (Wildman–Crippen MR) is 586 cm³/mol. The third kappa shape index (κ3) is 13.4. The lowest BCUT2D eigenvalue weighted by atomic mass is 9.83. The van der Waals surface area contributed by atoms with Crippen LogP contribution in [0.15, 0.2) is 485 Å². The molecule has 0 saturated heterocycles. The molecule has 0 spiro atoms. The van der Waals surface area contributed by atoms with Crippen molar-refractivity contribution < 1.29 is 0 Å². The van der Waals surface area contributed by atoms with Gasteiger partial charge in [0.2, 0.25) is 0 Å². The molecule has 135 heavy (non-hydrogen) atoms. The van der Waals surface area contributed by atoms with E-state index in [4.69, 9.17) is 0 Å². The number of rotatable bonds is 14. The quantitative estimate of drug-likeness (QED) is 0.0952. The van der Waals surface area contributed by atoms with E-state index in [0.29, 0.717) is 0 Å². The van der Waals surface area contributed by atoms with Gasteiger partial charge in [0.25, 0.3) is 0 Å². The number of fused-ring (bicyclic) bond motifs is 15. The Bertz CT molecular complexity index is 9380. The molecule has 0 unspecified atom stereocenters. The van der Waals surface area contributed by atoms with Gasteiger partial charge in [0.05, 0.1) is 0 Å². The second-order valence-corrected chi connectivity index (χ2v) is 39.1. The monoisotopic (exact) mass is 1760 g/mol. The van der Waals surface area contributed by atoms with Gasteiger partial charge in [0, 0.05) is 60.5 Å². The number of thiophene rings is 3. The standard InChI is InChI=1S/C132H80S3/c1-3-29-81(30-4-1)93-70-96(76-99(73-93)128-111-47-13-9-43-107(111)127(108-44-10-14-48-112(108)128)92-63-65-104-102-39-19-22-55-120(102)135-125(104)80-92)88-36-25-33-85(67-88)83-59-61-84(62-60-83)95-72-98(78-101(75-95)129-109-45-11-7-41-105(109)126(106-42-8-12-46-110(106)129)91-64-66-123-119(79-91)103-40-20-23-56-121(103)133-123)90-38-27-35-87(69-90)86-34-26-37-89(68-86)97-71-94(82-31-5-2-6-32-82)74-100(77-97)130-113-49-15-17-51-115(113)131(116-52-18-16-50-114(116)130)118-54-28-58-124-132(118)117-53-21-24-57-122(117)134-124/h1-80H. The fourth-order valence-corrected chi connectivity index (χ4v) is 25.4. The maximum atomic E-state index is 2.46. The lowest BCUT2D eigenvalue weighted by molar-refractivity contribution is 1.55. The summed E-state index contributed by atoms with van der Waals surface area (Å²) in [5.41, 5.74) is 33.1. The lowest BCUT2D eigenvalue weighted by Crippen LogP contribution is -1.93. The smallest absolute Gasteiger partial charge is 0.0361 e. The van der Waals surface area contributed by atoms with E-state index < -0.39 is 0 Å². The summed E-state index contributed by atoms with van der Waals surface area (Å²) in [6.07, 6.45) is 0. The number of benzene rings is 24. The largest absolute Gasteiger partial charge is 0.135 e. The van der Waals surface area contributed by atoms with Gasteiger partial charge in [-0.3, -0.25) is 0 Å². The molecule has 27 aromatic rings. The van der Waals surface area contributed by atoms with Crippen LogP contribution in [-0.4, -0.2) is 0 Å². The number of hydrogen-bond acceptors (Lipinski definition) is 3. The summed E-state index contributed by atoms with van der Waals surface area (Å²) in [7, 11) is 0. The fraction of sp³-hybridized carbons (Fsp3) is 0. The average molecular weight is 1760 g/mol. The van der Waals surface area contributed by atoms with Crippen molar-refractivity contribution in [1.29, 1.82) is 0 Å². The third-order valence-electron chi connectivity index (χ3n) is 28.2. The van der Waals surface area contributed by atoms with Crippen LogP contribution in [0.5, 0.6) is 0 Å². The van der Waals surface area contributed by atoms with Crippen molar-refractivity contribution in [2.24, 2.45) is 0 Å². The first-order valence-corrected chi connectivity index (χ1v) is 48.9. The summed E-state index contributed by atoms with van der Waals surface area (Å²) >= 11 is 5.63. The van der Waals surface area contributed by atoms with Crippen LogP contribution in [0.4, 0.5) is 0 Å². The molecule has 0 saturated carbocycles. The topological polar surface area (TPSA) is 0 Å². The van der Waals surface area contributed by atoms with Crippen molar-refractivity contribution in [3.05, 3.63) is 485 Å². The molecule has 0 radical (unpaired) electrons. The van der Waals surface area contributed by atoms with Gasteiger partial charge in [0.15, 0.2) is 0 Å². The zero-order chi connectivity index (χ0) is 88.7. The highest BCUT2D eigenvalue weighted by molar-refractivity contribution is 7.26. The molecule has 626 valence electrons. The molecule has 3 aromatic heterocycles. The molecule has 0 aliphatic carbocycles. The van der Waals surface area contributed by atoms with E-state index in [1.807, 2.05) is 34.0 Å². The predicted octanol–water partition coefficient (Wildman–Crippen LogP) is 39.0. The lowest BCUT2D eigenvalue weighted by Gasteiger charge is -2.20. The minimum Gasteiger partial charge on any atom is -0.135 e. The SMILES string of the molecule is c1ccc(-c2cc(-c3cccc(-c4ccc(-c5cc(-c6cccc(-c7cccc(-c8cc(-c9ccccc9)cc(-c9c%10ccccc%10c(-c%10cccc%11sc%12ccccc%12c%10%11)c%10ccccc9%10)c8)c7)c6)cc(-c6c7ccccc7c(-c7ccc8sc9ccccc9c8c7)c7ccccc67)c5)cc4)c3)cc(-c3c4ccccc4c(-c4ccc5c(c4)sc4ccccc45)c4ccccc34)c2)cc1. The van der Waals surface area contributed by atoms with E-state index in [1.165, 1.54) is 209 Å². The van der Waals surface area contributed by atoms with E-state index in [-0.39, 0.29) is 0 Å². The Morgan fingerprint density at radius 1 is 0.0963 bits per heavy atom. The normalized spacial score (nSPS) is 11.9. The molecule has 0 aliphatic heterocycles. The first-order chi connectivity index (χ1) is 66.9. The van der Waals surface area contributed by atoms with Crippen LogP contribution in [0, 0.1) is 0 Å². The van der Waals surface area contributed by atoms with Crippen molar-refractivity contribution >= 4 is 159 Å². The summed E-state index contributed by atoms with van der Waals surface area (Å²) in [4.78, 5) is 0. The first-order valence-electron chi connectivity index (χ1n) is 46.4. The molecule has 3 heteroatoms. The molecule has 0 fully saturated rings. The molecule has 27 rings (SSSR count). The molecule has 0 aliphatic rings. The van der Waals surface area contributed by atoms with Gasteiger partial charge in [-0.05, 0) is 336 Å². The number of hydrogen-bond donors (Lipinski definition) is 0. The van der Waals surface area contributed by atoms with Crippen LogP contribution in [0.3, 0.4) is 0 Å². The van der Waals surface area contributed by atoms with Crippen LogP contribution in [-0.2, 0) is 0 Å². The third-order valence-corrected chi connectivity index (χ3v) is 31.6. The molecule has 0 nitrogen and oxygen atoms in total. The molecule has 0 amide bonds. The van der Waals surface area contributed by atoms with Crippen molar-refractivity contribution in [2.45, 2.75) is 0 Å². The minimum atomic E-state index is 1.13. The molecule has 3 heterocycles. The fourth-order valence-electron chi connectivity index (χ4n) is 22.0. The van der Waals surface area contributed by atoms with Crippen molar-refractivity contribution in [2.75, 3.05) is 0 Å². The molecule has 0 atom stereocenters. The molecule has 0 bridgehead atoms. The summed E-state index contributed by atoms with van der Waals surface area (Å²) in [5, 5.41) is 22.6. The Morgan fingerprint density at radius 3 is 0.726 bits per heavy atom. The highest BCUT2D eigenvalue weighted by Gasteiger charge is 2.26. The average Bonchev–Trinajstić information content (AvgIpc) is 1.67. The van der Waals surface area contributed by atoms with Gasteiger partial charge in [0.1, 0.15) is 0 Å². The van der Waals surface area contributed by atoms with Gasteiger partial charge in [-0.25, -0.2) is 0 Å². The molecule has 24 aromatic carbocycles. The van der Waals surface area contributed by atoms with Crippen LogP contribution < -0.4 is 0 Å². The summed E-state index contributed by atoms with van der Waals surface area (Å²) in [5.74, 6) is 0. The Balaban J connectivity index is 0.587. The second kappa shape index (κ2) is 32.2. The van der Waals surface area contributed by atoms with Crippen LogP contribution in [0.25, 0.3) is 281 Å². The van der Waals surface area contributed by atoms with E-state index in [1.54, 1.807) is 0 Å². The maximum Gasteiger partial charge on any atom is 0.0361 e. The zero-order valence-corrected chi connectivity index (χ0v) is 75.9. The van der Waals surface area contributed by atoms with Crippen LogP contribution >= 0.6 is 34.0 Å². The van der Waals surface area contributed by atoms with E-state index in [9.17, 15) is 0 Å². The maximum absolute atomic E-state index is 2.46. The van der Waals surface area contributed by atoms with Crippen molar-refractivity contribution in [3.63, 3.8) is 0 Å². The summed E-state index contributed by atoms with van der Waals surface area (Å²) in [6.45, 7) is 0. The Hall–Kier alpha value is -16.5. The molecular weight excluding hydrogens is 1680 g/mol. The highest BCUT2D eigenvalue weighted by Crippen LogP contribution is 2.54. The van der Waals surface area contributed by atoms with Crippen LogP contribution in [0.2, 0.25) is 0 Å². The summed E-state index contributed by atoms with van der Waals surface area (Å²) < 4.78 is 7.83. The van der Waals surface area contributed by atoms with Gasteiger partial charge in [-0.2, -0.15) is 0 Å². The van der Waals surface area contributed by atoms with E-state index >= 15 is 0 Å². The second-order valence-electron chi connectivity index (χ2n) is 35.9. The summed E-state index contributed by atoms with van der Waals surface area (Å²) in [6, 6.07) is 183. The molecular formula is C132H80S3. The highest BCUT2D eigenvalue weighted by atomic mass is 32.1. The van der Waals surface area contributed by atoms with Crippen molar-refractivity contribution in [3.8, 4) is 156 Å². The zero-order valence-electron chi connectivity index (χ0n) is 73.4. The van der Waals surface area contributed by atoms with E-state index in [0.717, 1.165) is 72.3 Å². The van der Waals surface area contributed by atoms with Gasteiger partial charge >= 0.3 is 0 Å². The van der Waals surface area contributed by atoms with Gasteiger partial charge < -0.3 is 0 Å². The Labute approximate surface area is 793 Å². The Morgan fingerprint density at radius 2 is 0.319 bits per heavy atom. The minimum absolute atomic E-state index is 1.13. The van der Waals surface area contributed by atoms with Crippen molar-refractivity contribution in [1.82, 2.24) is 0 Å². The van der Waals surface area contributed by atoms with E-state index in [2.05, 4.69) is 485 Å². The first kappa shape index (κ1) is 78.4. The van der Waals surface area contributed by atoms with Gasteiger partial charge in [-0.15, -0.1) is 34.0 Å². The van der Waals surface area contributed by atoms with Crippen LogP contribution in [0.1, 0.15) is 0 Å². The molecule has 0 N–H and O–H groups in total. The van der Waals surface area contributed by atoms with Gasteiger partial charge in [-0.1, -0.05) is 370 Å². The Kier molecular flexibility index (Phi) is 18.7.